The van der Waals surface area contributed by atoms with Gasteiger partial charge in [-0.2, -0.15) is 0 Å². The van der Waals surface area contributed by atoms with Gasteiger partial charge in [0.05, 0.1) is 6.61 Å². The molecule has 0 radical (unpaired) electrons. The minimum Gasteiger partial charge on any atom is -0.383 e. The molecule has 0 saturated heterocycles. The Kier molecular flexibility index (Phi) is 4.64. The Balaban J connectivity index is 2.35. The molecule has 0 unspecified atom stereocenters. The number of nitrogens with one attached hydrogen (secondary N) is 1. The Morgan fingerprint density at radius 2 is 1.69 bits per heavy atom. The van der Waals surface area contributed by atoms with Crippen molar-refractivity contribution in [1.29, 1.82) is 0 Å². The molecule has 90 valence electrons. The van der Waals surface area contributed by atoms with Gasteiger partial charge in [0.2, 0.25) is 0 Å². The zero-order valence-corrected chi connectivity index (χ0v) is 10.0. The second-order valence-electron chi connectivity index (χ2n) is 3.75. The van der Waals surface area contributed by atoms with Gasteiger partial charge in [0, 0.05) is 37.9 Å². The van der Waals surface area contributed by atoms with E-state index < -0.39 is 0 Å². The normalized spacial score (nSPS) is 16.6. The fourth-order valence-electron chi connectivity index (χ4n) is 1.51. The van der Waals surface area contributed by atoms with Gasteiger partial charge in [-0.15, -0.1) is 0 Å². The van der Waals surface area contributed by atoms with Crippen LogP contribution in [-0.2, 0) is 14.3 Å². The first-order valence-corrected chi connectivity index (χ1v) is 5.33. The van der Waals surface area contributed by atoms with Gasteiger partial charge in [-0.1, -0.05) is 0 Å². The van der Waals surface area contributed by atoms with Crippen LogP contribution in [0.25, 0.3) is 0 Å². The maximum absolute atomic E-state index is 11.6. The Hall–Kier alpha value is -1.20. The fraction of sp³-hybridized carbons (Fsp3) is 0.636. The van der Waals surface area contributed by atoms with Crippen molar-refractivity contribution in [2.75, 3.05) is 33.4 Å². The summed E-state index contributed by atoms with van der Waals surface area (Å²) in [4.78, 5) is 24.6. The van der Waals surface area contributed by atoms with E-state index >= 15 is 0 Å². The van der Waals surface area contributed by atoms with Crippen LogP contribution in [0.4, 0.5) is 0 Å². The SMILES string of the molecule is COCCNCCN1C(=O)C(C)=C(C)C1=O. The van der Waals surface area contributed by atoms with E-state index in [9.17, 15) is 9.59 Å². The Bertz CT molecular complexity index is 299. The summed E-state index contributed by atoms with van der Waals surface area (Å²) >= 11 is 0. The van der Waals surface area contributed by atoms with Crippen molar-refractivity contribution >= 4 is 11.8 Å². The van der Waals surface area contributed by atoms with Crippen LogP contribution in [0.1, 0.15) is 13.8 Å². The molecule has 5 nitrogen and oxygen atoms in total. The monoisotopic (exact) mass is 226 g/mol. The van der Waals surface area contributed by atoms with Crippen LogP contribution in [0.2, 0.25) is 0 Å². The molecule has 2 amide bonds. The summed E-state index contributed by atoms with van der Waals surface area (Å²) in [7, 11) is 1.63. The standard InChI is InChI=1S/C11H18N2O3/c1-8-9(2)11(15)13(10(8)14)6-4-12-5-7-16-3/h12H,4-7H2,1-3H3. The molecular weight excluding hydrogens is 208 g/mol. The maximum Gasteiger partial charge on any atom is 0.256 e. The van der Waals surface area contributed by atoms with Crippen molar-refractivity contribution in [3.63, 3.8) is 0 Å². The molecular formula is C11H18N2O3. The average molecular weight is 226 g/mol. The number of rotatable bonds is 6. The smallest absolute Gasteiger partial charge is 0.256 e. The molecule has 0 aliphatic carbocycles. The minimum absolute atomic E-state index is 0.170. The molecule has 0 fully saturated rings. The lowest BCUT2D eigenvalue weighted by molar-refractivity contribution is -0.137. The van der Waals surface area contributed by atoms with Crippen LogP contribution in [0.15, 0.2) is 11.1 Å². The number of methoxy groups -OCH3 is 1. The van der Waals surface area contributed by atoms with Crippen molar-refractivity contribution in [3.8, 4) is 0 Å². The minimum atomic E-state index is -0.170. The summed E-state index contributed by atoms with van der Waals surface area (Å²) in [6, 6.07) is 0. The third-order valence-electron chi connectivity index (χ3n) is 2.69. The number of carbonyl (C=O) groups is 2. The van der Waals surface area contributed by atoms with Gasteiger partial charge in [0.25, 0.3) is 11.8 Å². The number of carbonyl (C=O) groups excluding carboxylic acids is 2. The summed E-state index contributed by atoms with van der Waals surface area (Å²) < 4.78 is 4.87. The zero-order valence-electron chi connectivity index (χ0n) is 10.0. The number of nitrogens with zero attached hydrogens (tertiary/aromatic N) is 1. The van der Waals surface area contributed by atoms with E-state index in [0.29, 0.717) is 30.8 Å². The molecule has 0 spiro atoms. The van der Waals surface area contributed by atoms with Crippen LogP contribution >= 0.6 is 0 Å². The lowest BCUT2D eigenvalue weighted by Gasteiger charge is -2.14. The van der Waals surface area contributed by atoms with E-state index in [1.165, 1.54) is 4.90 Å². The molecule has 1 heterocycles. The van der Waals surface area contributed by atoms with Crippen molar-refractivity contribution in [3.05, 3.63) is 11.1 Å². The van der Waals surface area contributed by atoms with Gasteiger partial charge in [-0.3, -0.25) is 14.5 Å². The highest BCUT2D eigenvalue weighted by Crippen LogP contribution is 2.18. The van der Waals surface area contributed by atoms with Crippen LogP contribution < -0.4 is 5.32 Å². The van der Waals surface area contributed by atoms with Crippen molar-refractivity contribution in [2.45, 2.75) is 13.8 Å². The summed E-state index contributed by atoms with van der Waals surface area (Å²) in [5.41, 5.74) is 1.11. The molecule has 1 N–H and O–H groups in total. The number of hydrogen-bond donors (Lipinski definition) is 1. The zero-order chi connectivity index (χ0) is 12.1. The van der Waals surface area contributed by atoms with Crippen LogP contribution in [0.5, 0.6) is 0 Å². The van der Waals surface area contributed by atoms with E-state index in [1.807, 2.05) is 0 Å². The third kappa shape index (κ3) is 2.68. The summed E-state index contributed by atoms with van der Waals surface area (Å²) in [6.07, 6.45) is 0. The summed E-state index contributed by atoms with van der Waals surface area (Å²) in [5.74, 6) is -0.341. The van der Waals surface area contributed by atoms with Gasteiger partial charge in [0.1, 0.15) is 0 Å². The third-order valence-corrected chi connectivity index (χ3v) is 2.69. The molecule has 5 heteroatoms. The predicted octanol–water partition coefficient (Wildman–Crippen LogP) is -0.0724. The lowest BCUT2D eigenvalue weighted by atomic mass is 10.2. The largest absolute Gasteiger partial charge is 0.383 e. The van der Waals surface area contributed by atoms with Crippen LogP contribution in [0.3, 0.4) is 0 Å². The molecule has 0 aromatic rings. The Morgan fingerprint density at radius 1 is 1.12 bits per heavy atom. The van der Waals surface area contributed by atoms with Crippen molar-refractivity contribution < 1.29 is 14.3 Å². The second-order valence-corrected chi connectivity index (χ2v) is 3.75. The van der Waals surface area contributed by atoms with Gasteiger partial charge >= 0.3 is 0 Å². The highest BCUT2D eigenvalue weighted by molar-refractivity contribution is 6.18. The van der Waals surface area contributed by atoms with Crippen molar-refractivity contribution in [1.82, 2.24) is 10.2 Å². The van der Waals surface area contributed by atoms with Crippen LogP contribution in [0, 0.1) is 0 Å². The summed E-state index contributed by atoms with van der Waals surface area (Å²) in [5, 5.41) is 3.09. The molecule has 1 rings (SSSR count). The topological polar surface area (TPSA) is 58.6 Å². The summed E-state index contributed by atoms with van der Waals surface area (Å²) in [6.45, 7) is 5.73. The van der Waals surface area contributed by atoms with E-state index in [0.717, 1.165) is 6.54 Å². The molecule has 0 aromatic carbocycles. The molecule has 16 heavy (non-hydrogen) atoms. The molecule has 0 bridgehead atoms. The number of hydrogen-bond acceptors (Lipinski definition) is 4. The molecule has 0 saturated carbocycles. The quantitative estimate of drug-likeness (QED) is 0.508. The van der Waals surface area contributed by atoms with Crippen LogP contribution in [-0.4, -0.2) is 50.1 Å². The Labute approximate surface area is 95.4 Å². The second kappa shape index (κ2) is 5.77. The Morgan fingerprint density at radius 3 is 2.19 bits per heavy atom. The van der Waals surface area contributed by atoms with E-state index in [1.54, 1.807) is 21.0 Å². The molecule has 1 aliphatic heterocycles. The molecule has 1 aliphatic rings. The van der Waals surface area contributed by atoms with Gasteiger partial charge in [0.15, 0.2) is 0 Å². The average Bonchev–Trinajstić information content (AvgIpc) is 2.46. The van der Waals surface area contributed by atoms with E-state index in [2.05, 4.69) is 5.32 Å². The van der Waals surface area contributed by atoms with E-state index in [-0.39, 0.29) is 11.8 Å². The number of amides is 2. The fourth-order valence-corrected chi connectivity index (χ4v) is 1.51. The van der Waals surface area contributed by atoms with Crippen molar-refractivity contribution in [2.24, 2.45) is 0 Å². The van der Waals surface area contributed by atoms with Gasteiger partial charge in [-0.05, 0) is 13.8 Å². The van der Waals surface area contributed by atoms with Gasteiger partial charge in [-0.25, -0.2) is 0 Å². The first kappa shape index (κ1) is 12.9. The highest BCUT2D eigenvalue weighted by atomic mass is 16.5. The lowest BCUT2D eigenvalue weighted by Crippen LogP contribution is -2.38. The number of imide groups is 1. The van der Waals surface area contributed by atoms with E-state index in [4.69, 9.17) is 4.74 Å². The molecule has 0 aromatic heterocycles. The first-order chi connectivity index (χ1) is 7.59. The predicted molar refractivity (Wildman–Crippen MR) is 59.8 cm³/mol. The maximum atomic E-state index is 11.6. The first-order valence-electron chi connectivity index (χ1n) is 5.33. The van der Waals surface area contributed by atoms with Gasteiger partial charge < -0.3 is 10.1 Å². The highest BCUT2D eigenvalue weighted by Gasteiger charge is 2.32. The molecule has 0 atom stereocenters. The number of ether oxygens (including phenoxy) is 1.